The summed E-state index contributed by atoms with van der Waals surface area (Å²) in [6.07, 6.45) is 2.26. The van der Waals surface area contributed by atoms with Gasteiger partial charge in [-0.05, 0) is 40.3 Å². The summed E-state index contributed by atoms with van der Waals surface area (Å²) in [4.78, 5) is 12.3. The molecule has 0 unspecified atom stereocenters. The first-order valence-electron chi connectivity index (χ1n) is 8.19. The Labute approximate surface area is 149 Å². The van der Waals surface area contributed by atoms with Crippen LogP contribution in [0.25, 0.3) is 5.69 Å². The highest BCUT2D eigenvalue weighted by Crippen LogP contribution is 2.16. The number of carbonyl (C=O) groups is 1. The molecular weight excluding hydrogens is 332 g/mol. The molecule has 4 rings (SSSR count). The monoisotopic (exact) mass is 348 g/mol. The molecule has 130 valence electrons. The van der Waals surface area contributed by atoms with Gasteiger partial charge in [0.25, 0.3) is 5.91 Å². The van der Waals surface area contributed by atoms with Gasteiger partial charge in [0.15, 0.2) is 6.61 Å². The minimum Gasteiger partial charge on any atom is -0.484 e. The summed E-state index contributed by atoms with van der Waals surface area (Å²) >= 11 is 0. The molecule has 0 saturated heterocycles. The first-order valence-corrected chi connectivity index (χ1v) is 8.19. The zero-order chi connectivity index (χ0) is 17.8. The molecule has 1 aromatic heterocycles. The van der Waals surface area contributed by atoms with Crippen LogP contribution in [-0.4, -0.2) is 50.0 Å². The van der Waals surface area contributed by atoms with Gasteiger partial charge < -0.3 is 4.74 Å². The molecule has 8 nitrogen and oxygen atoms in total. The molecule has 0 atom stereocenters. The first-order chi connectivity index (χ1) is 12.8. The Bertz CT molecular complexity index is 907. The number of hydrogen-bond acceptors (Lipinski definition) is 6. The molecule has 0 N–H and O–H groups in total. The summed E-state index contributed by atoms with van der Waals surface area (Å²) in [5, 5.41) is 16.9. The van der Waals surface area contributed by atoms with Crippen molar-refractivity contribution < 1.29 is 9.53 Å². The van der Waals surface area contributed by atoms with Crippen molar-refractivity contribution in [2.24, 2.45) is 5.10 Å². The van der Waals surface area contributed by atoms with Crippen LogP contribution < -0.4 is 4.74 Å². The van der Waals surface area contributed by atoms with E-state index >= 15 is 0 Å². The van der Waals surface area contributed by atoms with Crippen LogP contribution in [0.1, 0.15) is 12.0 Å². The first kappa shape index (κ1) is 15.9. The summed E-state index contributed by atoms with van der Waals surface area (Å²) in [5.41, 5.74) is 2.77. The van der Waals surface area contributed by atoms with Gasteiger partial charge in [0.05, 0.1) is 17.9 Å². The second kappa shape index (κ2) is 7.14. The third kappa shape index (κ3) is 3.44. The third-order valence-corrected chi connectivity index (χ3v) is 4.01. The largest absolute Gasteiger partial charge is 0.484 e. The number of tetrazole rings is 1. The summed E-state index contributed by atoms with van der Waals surface area (Å²) in [7, 11) is 0. The molecule has 0 fully saturated rings. The van der Waals surface area contributed by atoms with Crippen molar-refractivity contribution in [2.45, 2.75) is 6.42 Å². The Morgan fingerprint density at radius 1 is 1.08 bits per heavy atom. The van der Waals surface area contributed by atoms with Gasteiger partial charge in [0.1, 0.15) is 12.1 Å². The van der Waals surface area contributed by atoms with Gasteiger partial charge in [-0.15, -0.1) is 5.10 Å². The molecule has 0 aliphatic carbocycles. The molecule has 0 radical (unpaired) electrons. The van der Waals surface area contributed by atoms with E-state index in [4.69, 9.17) is 4.74 Å². The number of hydrazone groups is 1. The van der Waals surface area contributed by atoms with E-state index in [2.05, 4.69) is 20.6 Å². The van der Waals surface area contributed by atoms with Crippen LogP contribution in [0, 0.1) is 0 Å². The molecule has 3 aromatic rings. The Hall–Kier alpha value is -3.55. The molecule has 8 heteroatoms. The topological polar surface area (TPSA) is 85.5 Å². The molecule has 0 bridgehead atoms. The normalized spacial score (nSPS) is 13.5. The van der Waals surface area contributed by atoms with Crippen molar-refractivity contribution in [3.63, 3.8) is 0 Å². The van der Waals surface area contributed by atoms with Crippen molar-refractivity contribution in [3.05, 3.63) is 66.5 Å². The van der Waals surface area contributed by atoms with Gasteiger partial charge in [-0.1, -0.05) is 30.3 Å². The number of rotatable bonds is 5. The van der Waals surface area contributed by atoms with Crippen molar-refractivity contribution in [3.8, 4) is 11.4 Å². The number of carbonyl (C=O) groups excluding carboxylic acids is 1. The summed E-state index contributed by atoms with van der Waals surface area (Å²) in [6.45, 7) is 0.514. The summed E-state index contributed by atoms with van der Waals surface area (Å²) < 4.78 is 7.11. The van der Waals surface area contributed by atoms with Crippen molar-refractivity contribution in [1.82, 2.24) is 25.2 Å². The lowest BCUT2D eigenvalue weighted by Crippen LogP contribution is -2.28. The lowest BCUT2D eigenvalue weighted by Gasteiger charge is -2.12. The van der Waals surface area contributed by atoms with E-state index in [0.29, 0.717) is 12.3 Å². The number of aromatic nitrogens is 4. The highest BCUT2D eigenvalue weighted by molar-refractivity contribution is 6.02. The zero-order valence-electron chi connectivity index (χ0n) is 13.9. The van der Waals surface area contributed by atoms with Crippen molar-refractivity contribution in [2.75, 3.05) is 13.2 Å². The van der Waals surface area contributed by atoms with Crippen LogP contribution in [0.3, 0.4) is 0 Å². The smallest absolute Gasteiger partial charge is 0.280 e. The molecule has 26 heavy (non-hydrogen) atoms. The van der Waals surface area contributed by atoms with Gasteiger partial charge in [-0.3, -0.25) is 4.79 Å². The van der Waals surface area contributed by atoms with E-state index in [1.165, 1.54) is 11.3 Å². The van der Waals surface area contributed by atoms with Gasteiger partial charge in [0, 0.05) is 6.42 Å². The second-order valence-electron chi connectivity index (χ2n) is 5.72. The van der Waals surface area contributed by atoms with Crippen LogP contribution in [-0.2, 0) is 4.79 Å². The zero-order valence-corrected chi connectivity index (χ0v) is 13.9. The Balaban J connectivity index is 1.35. The quantitative estimate of drug-likeness (QED) is 0.700. The molecule has 2 aromatic carbocycles. The number of hydrogen-bond donors (Lipinski definition) is 0. The standard InChI is InChI=1S/C18H16N6O2/c25-18(23-11-10-17(20-23)14-4-2-1-3-5-14)12-26-16-8-6-15(7-9-16)24-13-19-21-22-24/h1-9,13H,10-12H2. The predicted octanol–water partition coefficient (Wildman–Crippen LogP) is 1.68. The fourth-order valence-corrected chi connectivity index (χ4v) is 2.66. The molecular formula is C18H16N6O2. The van der Waals surface area contributed by atoms with Crippen molar-refractivity contribution in [1.29, 1.82) is 0 Å². The molecule has 1 amide bonds. The van der Waals surface area contributed by atoms with Crippen LogP contribution in [0.5, 0.6) is 5.75 Å². The molecule has 1 aliphatic heterocycles. The van der Waals surface area contributed by atoms with Gasteiger partial charge in [0.2, 0.25) is 0 Å². The number of amides is 1. The lowest BCUT2D eigenvalue weighted by molar-refractivity contribution is -0.132. The Kier molecular flexibility index (Phi) is 4.38. The van der Waals surface area contributed by atoms with E-state index in [1.54, 1.807) is 16.8 Å². The third-order valence-electron chi connectivity index (χ3n) is 4.01. The van der Waals surface area contributed by atoms with E-state index in [1.807, 2.05) is 42.5 Å². The predicted molar refractivity (Wildman–Crippen MR) is 94.0 cm³/mol. The fourth-order valence-electron chi connectivity index (χ4n) is 2.66. The van der Waals surface area contributed by atoms with Crippen LogP contribution in [0.4, 0.5) is 0 Å². The molecule has 1 aliphatic rings. The second-order valence-corrected chi connectivity index (χ2v) is 5.72. The average Bonchev–Trinajstić information content (AvgIpc) is 3.39. The number of benzene rings is 2. The van der Waals surface area contributed by atoms with E-state index < -0.39 is 0 Å². The SMILES string of the molecule is O=C(COc1ccc(-n2cnnn2)cc1)N1CCC(c2ccccc2)=N1. The van der Waals surface area contributed by atoms with Crippen LogP contribution in [0.2, 0.25) is 0 Å². The van der Waals surface area contributed by atoms with E-state index in [9.17, 15) is 4.79 Å². The highest BCUT2D eigenvalue weighted by Gasteiger charge is 2.21. The number of ether oxygens (including phenoxy) is 1. The fraction of sp³-hybridized carbons (Fsp3) is 0.167. The Morgan fingerprint density at radius 2 is 1.88 bits per heavy atom. The average molecular weight is 348 g/mol. The van der Waals surface area contributed by atoms with Crippen molar-refractivity contribution >= 4 is 11.6 Å². The van der Waals surface area contributed by atoms with Crippen LogP contribution in [0.15, 0.2) is 66.0 Å². The molecule has 2 heterocycles. The minimum atomic E-state index is -0.166. The van der Waals surface area contributed by atoms with Gasteiger partial charge in [-0.2, -0.15) is 5.10 Å². The number of nitrogens with zero attached hydrogens (tertiary/aromatic N) is 6. The lowest BCUT2D eigenvalue weighted by atomic mass is 10.1. The molecule has 0 spiro atoms. The van der Waals surface area contributed by atoms with Crippen LogP contribution >= 0.6 is 0 Å². The van der Waals surface area contributed by atoms with Gasteiger partial charge >= 0.3 is 0 Å². The van der Waals surface area contributed by atoms with E-state index in [0.717, 1.165) is 23.4 Å². The summed E-state index contributed by atoms with van der Waals surface area (Å²) in [6, 6.07) is 17.1. The maximum atomic E-state index is 12.3. The van der Waals surface area contributed by atoms with Gasteiger partial charge in [-0.25, -0.2) is 9.69 Å². The Morgan fingerprint density at radius 3 is 2.62 bits per heavy atom. The molecule has 0 saturated carbocycles. The van der Waals surface area contributed by atoms with E-state index in [-0.39, 0.29) is 12.5 Å². The minimum absolute atomic E-state index is 0.0597. The maximum Gasteiger partial charge on any atom is 0.280 e. The summed E-state index contributed by atoms with van der Waals surface area (Å²) in [5.74, 6) is 0.433. The highest BCUT2D eigenvalue weighted by atomic mass is 16.5. The maximum absolute atomic E-state index is 12.3.